The summed E-state index contributed by atoms with van der Waals surface area (Å²) >= 11 is 0. The summed E-state index contributed by atoms with van der Waals surface area (Å²) < 4.78 is 5.15. The van der Waals surface area contributed by atoms with Crippen molar-refractivity contribution in [3.05, 3.63) is 30.0 Å². The highest BCUT2D eigenvalue weighted by atomic mass is 16.3. The number of carbonyl (C=O) groups excluding carboxylic acids is 1. The summed E-state index contributed by atoms with van der Waals surface area (Å²) in [5, 5.41) is 8.68. The fraction of sp³-hybridized carbons (Fsp3) is 0.222. The van der Waals surface area contributed by atoms with Gasteiger partial charge in [-0.25, -0.2) is 0 Å². The van der Waals surface area contributed by atoms with Gasteiger partial charge >= 0.3 is 0 Å². The molecule has 7 heteroatoms. The lowest BCUT2D eigenvalue weighted by molar-refractivity contribution is 0.0925. The lowest BCUT2D eigenvalue weighted by Crippen LogP contribution is -2.27. The van der Waals surface area contributed by atoms with Gasteiger partial charge in [-0.15, -0.1) is 5.10 Å². The Labute approximate surface area is 91.0 Å². The first kappa shape index (κ1) is 10.2. The smallest absolute Gasteiger partial charge is 0.289 e. The number of carbonyl (C=O) groups is 1. The van der Waals surface area contributed by atoms with E-state index in [4.69, 9.17) is 10.2 Å². The molecule has 0 fully saturated rings. The topological polar surface area (TPSA) is 110 Å². The van der Waals surface area contributed by atoms with Gasteiger partial charge in [-0.1, -0.05) is 0 Å². The number of amides is 1. The summed E-state index contributed by atoms with van der Waals surface area (Å²) in [6.45, 7) is 1.80. The van der Waals surface area contributed by atoms with Crippen LogP contribution in [0.4, 0.5) is 5.95 Å². The summed E-state index contributed by atoms with van der Waals surface area (Å²) in [5.41, 5.74) is 5.29. The number of furan rings is 1. The van der Waals surface area contributed by atoms with Gasteiger partial charge in [-0.3, -0.25) is 9.89 Å². The zero-order chi connectivity index (χ0) is 11.5. The Balaban J connectivity index is 2.03. The van der Waals surface area contributed by atoms with Crippen molar-refractivity contribution in [1.82, 2.24) is 20.5 Å². The Morgan fingerprint density at radius 2 is 2.50 bits per heavy atom. The summed E-state index contributed by atoms with van der Waals surface area (Å²) in [6, 6.07) is 3.29. The van der Waals surface area contributed by atoms with Crippen LogP contribution in [0, 0.1) is 0 Å². The number of anilines is 1. The fourth-order valence-electron chi connectivity index (χ4n) is 1.25. The van der Waals surface area contributed by atoms with E-state index in [2.05, 4.69) is 20.5 Å². The molecule has 0 aromatic carbocycles. The number of nitrogens with zero attached hydrogens (tertiary/aromatic N) is 2. The normalized spacial score (nSPS) is 12.3. The molecule has 2 heterocycles. The number of H-pyrrole nitrogens is 1. The number of hydrogen-bond donors (Lipinski definition) is 3. The third-order valence-electron chi connectivity index (χ3n) is 2.04. The van der Waals surface area contributed by atoms with E-state index < -0.39 is 0 Å². The van der Waals surface area contributed by atoms with Gasteiger partial charge in [0.15, 0.2) is 0 Å². The summed E-state index contributed by atoms with van der Waals surface area (Å²) in [6.07, 6.45) is 1.55. The zero-order valence-electron chi connectivity index (χ0n) is 8.60. The molecule has 0 saturated heterocycles. The number of nitrogens with two attached hydrogens (primary N) is 1. The number of aromatic amines is 1. The minimum Gasteiger partial charge on any atom is -0.467 e. The molecular formula is C9H11N5O2. The van der Waals surface area contributed by atoms with Crippen LogP contribution in [-0.4, -0.2) is 21.1 Å². The molecule has 7 nitrogen and oxygen atoms in total. The van der Waals surface area contributed by atoms with Gasteiger partial charge in [0.05, 0.1) is 12.3 Å². The highest BCUT2D eigenvalue weighted by Gasteiger charge is 2.15. The maximum Gasteiger partial charge on any atom is 0.289 e. The zero-order valence-corrected chi connectivity index (χ0v) is 8.60. The first-order chi connectivity index (χ1) is 7.66. The molecule has 16 heavy (non-hydrogen) atoms. The third kappa shape index (κ3) is 2.02. The third-order valence-corrected chi connectivity index (χ3v) is 2.04. The molecule has 84 valence electrons. The van der Waals surface area contributed by atoms with Crippen LogP contribution >= 0.6 is 0 Å². The number of nitrogen functional groups attached to an aromatic ring is 1. The second-order valence-corrected chi connectivity index (χ2v) is 3.25. The van der Waals surface area contributed by atoms with Gasteiger partial charge in [0, 0.05) is 0 Å². The van der Waals surface area contributed by atoms with E-state index in [0.717, 1.165) is 0 Å². The Morgan fingerprint density at radius 3 is 3.06 bits per heavy atom. The van der Waals surface area contributed by atoms with E-state index >= 15 is 0 Å². The SMILES string of the molecule is CC(NC(=O)c1nc(N)n[nH]1)c1ccco1. The van der Waals surface area contributed by atoms with E-state index in [1.807, 2.05) is 0 Å². The van der Waals surface area contributed by atoms with Gasteiger partial charge in [0.25, 0.3) is 5.91 Å². The molecule has 2 rings (SSSR count). The van der Waals surface area contributed by atoms with Crippen LogP contribution in [0.2, 0.25) is 0 Å². The van der Waals surface area contributed by atoms with Crippen molar-refractivity contribution >= 4 is 11.9 Å². The number of nitrogens with one attached hydrogen (secondary N) is 2. The first-order valence-electron chi connectivity index (χ1n) is 4.69. The van der Waals surface area contributed by atoms with Crippen molar-refractivity contribution in [3.8, 4) is 0 Å². The van der Waals surface area contributed by atoms with E-state index in [1.165, 1.54) is 0 Å². The Kier molecular flexibility index (Phi) is 2.59. The Bertz CT molecular complexity index is 476. The summed E-state index contributed by atoms with van der Waals surface area (Å²) in [5.74, 6) is 0.403. The van der Waals surface area contributed by atoms with Gasteiger partial charge in [0.1, 0.15) is 5.76 Å². The van der Waals surface area contributed by atoms with Crippen LogP contribution in [0.5, 0.6) is 0 Å². The van der Waals surface area contributed by atoms with Crippen LogP contribution < -0.4 is 11.1 Å². The van der Waals surface area contributed by atoms with E-state index in [9.17, 15) is 4.79 Å². The largest absolute Gasteiger partial charge is 0.467 e. The van der Waals surface area contributed by atoms with Crippen molar-refractivity contribution < 1.29 is 9.21 Å². The maximum atomic E-state index is 11.6. The molecule has 1 unspecified atom stereocenters. The van der Waals surface area contributed by atoms with Crippen LogP contribution in [0.1, 0.15) is 29.3 Å². The van der Waals surface area contributed by atoms with Gasteiger partial charge < -0.3 is 15.5 Å². The minimum absolute atomic E-state index is 0.0378. The van der Waals surface area contributed by atoms with Crippen molar-refractivity contribution in [2.24, 2.45) is 0 Å². The van der Waals surface area contributed by atoms with E-state index in [0.29, 0.717) is 5.76 Å². The predicted molar refractivity (Wildman–Crippen MR) is 55.4 cm³/mol. The molecule has 4 N–H and O–H groups in total. The monoisotopic (exact) mass is 221 g/mol. The molecule has 0 bridgehead atoms. The lowest BCUT2D eigenvalue weighted by atomic mass is 10.2. The second kappa shape index (κ2) is 4.05. The standard InChI is InChI=1S/C9H11N5O2/c1-5(6-3-2-4-16-6)11-8(15)7-12-9(10)14-13-7/h2-5H,1H3,(H,11,15)(H3,10,12,13,14). The first-order valence-corrected chi connectivity index (χ1v) is 4.69. The molecule has 0 aliphatic heterocycles. The van der Waals surface area contributed by atoms with E-state index in [-0.39, 0.29) is 23.7 Å². The average molecular weight is 221 g/mol. The second-order valence-electron chi connectivity index (χ2n) is 3.25. The van der Waals surface area contributed by atoms with Crippen molar-refractivity contribution in [3.63, 3.8) is 0 Å². The van der Waals surface area contributed by atoms with Crippen molar-refractivity contribution in [2.45, 2.75) is 13.0 Å². The van der Waals surface area contributed by atoms with Crippen LogP contribution in [0.15, 0.2) is 22.8 Å². The predicted octanol–water partition coefficient (Wildman–Crippen LogP) is 0.471. The van der Waals surface area contributed by atoms with Gasteiger partial charge in [0.2, 0.25) is 11.8 Å². The van der Waals surface area contributed by atoms with E-state index in [1.54, 1.807) is 25.3 Å². The molecule has 1 atom stereocenters. The molecule has 2 aromatic rings. The number of rotatable bonds is 3. The lowest BCUT2D eigenvalue weighted by Gasteiger charge is -2.09. The fourth-order valence-corrected chi connectivity index (χ4v) is 1.25. The quantitative estimate of drug-likeness (QED) is 0.697. The van der Waals surface area contributed by atoms with Crippen molar-refractivity contribution in [1.29, 1.82) is 0 Å². The molecule has 1 amide bonds. The van der Waals surface area contributed by atoms with Crippen molar-refractivity contribution in [2.75, 3.05) is 5.73 Å². The molecular weight excluding hydrogens is 210 g/mol. The molecule has 0 saturated carbocycles. The average Bonchev–Trinajstić information content (AvgIpc) is 2.87. The number of aromatic nitrogens is 3. The minimum atomic E-state index is -0.381. The maximum absolute atomic E-state index is 11.6. The Morgan fingerprint density at radius 1 is 1.69 bits per heavy atom. The molecule has 0 radical (unpaired) electrons. The van der Waals surface area contributed by atoms with Crippen LogP contribution in [-0.2, 0) is 0 Å². The van der Waals surface area contributed by atoms with Gasteiger partial charge in [-0.2, -0.15) is 4.98 Å². The molecule has 0 aliphatic rings. The number of hydrogen-bond acceptors (Lipinski definition) is 5. The molecule has 0 spiro atoms. The van der Waals surface area contributed by atoms with Crippen LogP contribution in [0.3, 0.4) is 0 Å². The Hall–Kier alpha value is -2.31. The summed E-state index contributed by atoms with van der Waals surface area (Å²) in [7, 11) is 0. The molecule has 0 aliphatic carbocycles. The van der Waals surface area contributed by atoms with Gasteiger partial charge in [-0.05, 0) is 19.1 Å². The summed E-state index contributed by atoms with van der Waals surface area (Å²) in [4.78, 5) is 15.3. The molecule has 2 aromatic heterocycles. The van der Waals surface area contributed by atoms with Crippen LogP contribution in [0.25, 0.3) is 0 Å². The highest BCUT2D eigenvalue weighted by Crippen LogP contribution is 2.12. The highest BCUT2D eigenvalue weighted by molar-refractivity contribution is 5.90.